The van der Waals surface area contributed by atoms with Gasteiger partial charge in [0.15, 0.2) is 0 Å². The van der Waals surface area contributed by atoms with Gasteiger partial charge < -0.3 is 10.1 Å². The average molecular weight is 284 g/mol. The number of rotatable bonds is 1. The molecule has 0 bridgehead atoms. The average Bonchev–Trinajstić information content (AvgIpc) is 3.04. The van der Waals surface area contributed by atoms with Gasteiger partial charge in [0.05, 0.1) is 10.5 Å². The van der Waals surface area contributed by atoms with E-state index in [0.717, 1.165) is 30.3 Å². The maximum absolute atomic E-state index is 14.1. The highest BCUT2D eigenvalue weighted by molar-refractivity contribution is 9.10. The van der Waals surface area contributed by atoms with Crippen LogP contribution in [0.2, 0.25) is 0 Å². The zero-order valence-corrected chi connectivity index (χ0v) is 10.2. The zero-order chi connectivity index (χ0) is 11.3. The normalized spacial score (nSPS) is 25.2. The Bertz CT molecular complexity index is 470. The molecule has 1 aliphatic heterocycles. The van der Waals surface area contributed by atoms with Crippen LogP contribution in [0.4, 0.5) is 4.39 Å². The lowest BCUT2D eigenvalue weighted by molar-refractivity contribution is -0.109. The number of hydrogen-bond donors (Lipinski definition) is 1. The van der Waals surface area contributed by atoms with E-state index in [-0.39, 0.29) is 17.3 Å². The third kappa shape index (κ3) is 1.29. The summed E-state index contributed by atoms with van der Waals surface area (Å²) in [6.07, 6.45) is 2.86. The van der Waals surface area contributed by atoms with Gasteiger partial charge in [-0.15, -0.1) is 0 Å². The highest BCUT2D eigenvalue weighted by atomic mass is 79.9. The number of fused-ring (bicyclic) bond motifs is 2. The number of carbonyl (C=O) groups is 1. The standard InChI is InChI=1S/C12H11BrFNO/c13-8-2-1-7-9(5-16)15-6-12(3-4-12)10(7)11(8)14/h1-2,5,9,15H,3-4,6H2. The number of benzene rings is 1. The minimum atomic E-state index is -0.358. The van der Waals surface area contributed by atoms with Crippen LogP contribution >= 0.6 is 15.9 Å². The van der Waals surface area contributed by atoms with E-state index in [1.165, 1.54) is 0 Å². The van der Waals surface area contributed by atoms with Gasteiger partial charge in [-0.2, -0.15) is 0 Å². The lowest BCUT2D eigenvalue weighted by atomic mass is 9.84. The van der Waals surface area contributed by atoms with E-state index in [1.807, 2.05) is 6.07 Å². The quantitative estimate of drug-likeness (QED) is 0.803. The molecule has 2 nitrogen and oxygen atoms in total. The van der Waals surface area contributed by atoms with Crippen LogP contribution in [-0.4, -0.2) is 12.8 Å². The Labute approximate surface area is 101 Å². The molecule has 1 aromatic rings. The summed E-state index contributed by atoms with van der Waals surface area (Å²) in [6.45, 7) is 0.705. The Morgan fingerprint density at radius 2 is 2.25 bits per heavy atom. The number of halogens is 2. The van der Waals surface area contributed by atoms with E-state index in [1.54, 1.807) is 6.07 Å². The minimum absolute atomic E-state index is 0.0529. The highest BCUT2D eigenvalue weighted by Gasteiger charge is 2.50. The molecule has 3 rings (SSSR count). The van der Waals surface area contributed by atoms with Gasteiger partial charge in [-0.1, -0.05) is 6.07 Å². The molecule has 1 unspecified atom stereocenters. The fourth-order valence-electron chi connectivity index (χ4n) is 2.57. The van der Waals surface area contributed by atoms with Crippen molar-refractivity contribution in [3.63, 3.8) is 0 Å². The molecule has 4 heteroatoms. The number of carbonyl (C=O) groups excluding carboxylic acids is 1. The third-order valence-electron chi connectivity index (χ3n) is 3.64. The maximum atomic E-state index is 14.1. The van der Waals surface area contributed by atoms with Crippen molar-refractivity contribution in [3.05, 3.63) is 33.5 Å². The summed E-state index contributed by atoms with van der Waals surface area (Å²) in [6, 6.07) is 3.16. The Morgan fingerprint density at radius 3 is 2.88 bits per heavy atom. The molecule has 1 atom stereocenters. The van der Waals surface area contributed by atoms with E-state index < -0.39 is 0 Å². The van der Waals surface area contributed by atoms with Gasteiger partial charge in [0.1, 0.15) is 12.1 Å². The Morgan fingerprint density at radius 1 is 1.50 bits per heavy atom. The lowest BCUT2D eigenvalue weighted by Crippen LogP contribution is -2.38. The van der Waals surface area contributed by atoms with Crippen molar-refractivity contribution in [2.75, 3.05) is 6.54 Å². The second-order valence-corrected chi connectivity index (χ2v) is 5.45. The molecule has 0 aromatic heterocycles. The van der Waals surface area contributed by atoms with Crippen LogP contribution in [0.15, 0.2) is 16.6 Å². The van der Waals surface area contributed by atoms with Crippen molar-refractivity contribution in [2.24, 2.45) is 0 Å². The van der Waals surface area contributed by atoms with Crippen LogP contribution in [0.3, 0.4) is 0 Å². The maximum Gasteiger partial charge on any atom is 0.141 e. The first-order valence-electron chi connectivity index (χ1n) is 5.35. The first-order chi connectivity index (χ1) is 7.68. The molecule has 1 saturated carbocycles. The second kappa shape index (κ2) is 3.37. The fraction of sp³-hybridized carbons (Fsp3) is 0.417. The number of nitrogens with one attached hydrogen (secondary N) is 1. The topological polar surface area (TPSA) is 29.1 Å². The molecule has 1 heterocycles. The molecule has 1 aliphatic carbocycles. The van der Waals surface area contributed by atoms with Crippen molar-refractivity contribution in [1.29, 1.82) is 0 Å². The van der Waals surface area contributed by atoms with E-state index in [9.17, 15) is 9.18 Å². The Kier molecular flexibility index (Phi) is 2.20. The largest absolute Gasteiger partial charge is 0.303 e. The van der Waals surface area contributed by atoms with E-state index in [4.69, 9.17) is 0 Å². The first-order valence-corrected chi connectivity index (χ1v) is 6.14. The Balaban J connectivity index is 2.23. The smallest absolute Gasteiger partial charge is 0.141 e. The molecule has 1 N–H and O–H groups in total. The van der Waals surface area contributed by atoms with Crippen LogP contribution in [0.1, 0.15) is 30.0 Å². The predicted molar refractivity (Wildman–Crippen MR) is 61.8 cm³/mol. The molecule has 1 fully saturated rings. The molecule has 2 aliphatic rings. The molecule has 0 amide bonds. The molecule has 0 radical (unpaired) electrons. The summed E-state index contributed by atoms with van der Waals surface area (Å²) >= 11 is 3.21. The molecule has 84 valence electrons. The molecule has 1 spiro atoms. The summed E-state index contributed by atoms with van der Waals surface area (Å²) in [4.78, 5) is 11.0. The summed E-state index contributed by atoms with van der Waals surface area (Å²) < 4.78 is 14.6. The number of aldehydes is 1. The van der Waals surface area contributed by atoms with Crippen molar-refractivity contribution >= 4 is 22.2 Å². The second-order valence-electron chi connectivity index (χ2n) is 4.60. The van der Waals surface area contributed by atoms with Gasteiger partial charge in [-0.05, 0) is 40.4 Å². The predicted octanol–water partition coefficient (Wildman–Crippen LogP) is 2.46. The molecule has 1 aromatic carbocycles. The summed E-state index contributed by atoms with van der Waals surface area (Å²) in [5.74, 6) is -0.191. The summed E-state index contributed by atoms with van der Waals surface area (Å²) in [5.41, 5.74) is 1.50. The minimum Gasteiger partial charge on any atom is -0.303 e. The third-order valence-corrected chi connectivity index (χ3v) is 4.25. The van der Waals surface area contributed by atoms with Crippen molar-refractivity contribution in [2.45, 2.75) is 24.3 Å². The highest BCUT2D eigenvalue weighted by Crippen LogP contribution is 2.53. The lowest BCUT2D eigenvalue weighted by Gasteiger charge is -2.30. The number of hydrogen-bond acceptors (Lipinski definition) is 2. The van der Waals surface area contributed by atoms with Crippen LogP contribution in [0.5, 0.6) is 0 Å². The van der Waals surface area contributed by atoms with Gasteiger partial charge >= 0.3 is 0 Å². The van der Waals surface area contributed by atoms with Crippen LogP contribution in [0, 0.1) is 5.82 Å². The van der Waals surface area contributed by atoms with Crippen LogP contribution in [0.25, 0.3) is 0 Å². The first kappa shape index (κ1) is 10.4. The van der Waals surface area contributed by atoms with Crippen molar-refractivity contribution in [3.8, 4) is 0 Å². The zero-order valence-electron chi connectivity index (χ0n) is 8.59. The van der Waals surface area contributed by atoms with E-state index in [2.05, 4.69) is 21.2 Å². The van der Waals surface area contributed by atoms with Gasteiger partial charge in [-0.3, -0.25) is 0 Å². The Hall–Kier alpha value is -0.740. The fourth-order valence-corrected chi connectivity index (χ4v) is 2.90. The molecular weight excluding hydrogens is 273 g/mol. The van der Waals surface area contributed by atoms with Gasteiger partial charge in [0.2, 0.25) is 0 Å². The molecule has 16 heavy (non-hydrogen) atoms. The van der Waals surface area contributed by atoms with Gasteiger partial charge in [0.25, 0.3) is 0 Å². The van der Waals surface area contributed by atoms with Crippen LogP contribution < -0.4 is 5.32 Å². The summed E-state index contributed by atoms with van der Waals surface area (Å²) in [5, 5.41) is 3.17. The van der Waals surface area contributed by atoms with E-state index in [0.29, 0.717) is 11.0 Å². The monoisotopic (exact) mass is 283 g/mol. The van der Waals surface area contributed by atoms with Crippen LogP contribution in [-0.2, 0) is 10.2 Å². The van der Waals surface area contributed by atoms with Crippen molar-refractivity contribution < 1.29 is 9.18 Å². The van der Waals surface area contributed by atoms with Gasteiger partial charge in [-0.25, -0.2) is 4.39 Å². The van der Waals surface area contributed by atoms with Crippen molar-refractivity contribution in [1.82, 2.24) is 5.32 Å². The van der Waals surface area contributed by atoms with E-state index >= 15 is 0 Å². The SMILES string of the molecule is O=CC1NCC2(CC2)c2c1ccc(Br)c2F. The summed E-state index contributed by atoms with van der Waals surface area (Å²) in [7, 11) is 0. The van der Waals surface area contributed by atoms with Gasteiger partial charge in [0, 0.05) is 17.5 Å². The molecule has 0 saturated heterocycles. The molecular formula is C12H11BrFNO.